The van der Waals surface area contributed by atoms with Crippen molar-refractivity contribution in [3.63, 3.8) is 0 Å². The number of rotatable bonds is 8. The van der Waals surface area contributed by atoms with Crippen molar-refractivity contribution in [2.24, 2.45) is 0 Å². The van der Waals surface area contributed by atoms with Gasteiger partial charge in [0.1, 0.15) is 11.2 Å². The molecule has 0 saturated carbocycles. The summed E-state index contributed by atoms with van der Waals surface area (Å²) >= 11 is 0. The van der Waals surface area contributed by atoms with Crippen LogP contribution in [0.2, 0.25) is 0 Å². The molecule has 0 amide bonds. The number of para-hydroxylation sites is 1. The van der Waals surface area contributed by atoms with Crippen LogP contribution in [-0.4, -0.2) is 0 Å². The Labute approximate surface area is 413 Å². The monoisotopic (exact) mass is 903 g/mol. The van der Waals surface area contributed by atoms with E-state index >= 15 is 0 Å². The number of hydrogen-bond donors (Lipinski definition) is 0. The van der Waals surface area contributed by atoms with Gasteiger partial charge in [-0.25, -0.2) is 0 Å². The number of fused-ring (bicyclic) bond motifs is 9. The maximum Gasteiger partial charge on any atom is 0.143 e. The summed E-state index contributed by atoms with van der Waals surface area (Å²) in [5.41, 5.74) is 19.0. The third-order valence-corrected chi connectivity index (χ3v) is 14.9. The molecule has 1 aromatic heterocycles. The van der Waals surface area contributed by atoms with Crippen LogP contribution in [0, 0.1) is 0 Å². The number of furan rings is 1. The fourth-order valence-electron chi connectivity index (χ4n) is 11.9. The lowest BCUT2D eigenvalue weighted by atomic mass is 9.67. The number of hydrogen-bond acceptors (Lipinski definition) is 2. The Bertz CT molecular complexity index is 4090. The molecule has 12 aromatic carbocycles. The van der Waals surface area contributed by atoms with Gasteiger partial charge in [0.2, 0.25) is 0 Å². The van der Waals surface area contributed by atoms with Crippen molar-refractivity contribution in [1.29, 1.82) is 0 Å². The molecule has 13 aromatic rings. The molecule has 0 atom stereocenters. The molecule has 1 aliphatic carbocycles. The Kier molecular flexibility index (Phi) is 9.47. The second-order valence-electron chi connectivity index (χ2n) is 18.7. The van der Waals surface area contributed by atoms with Crippen LogP contribution in [0.4, 0.5) is 17.1 Å². The number of nitrogens with zero attached hydrogens (tertiary/aromatic N) is 1. The first-order valence-electron chi connectivity index (χ1n) is 24.5. The van der Waals surface area contributed by atoms with E-state index in [2.05, 4.69) is 278 Å². The standard InChI is InChI=1S/C69H45NO/c1-5-21-46(22-6-1)47-39-41-53(42-40-47)70(52-29-11-4-12-30-52)64-37-20-38-65-67(64)61-45-59(56-32-15-16-33-57(56)68(61)71-65)49-43-60(55-35-19-24-48-23-13-14-31-54(48)55)66-58-34-17-18-36-62(58)69(63(66)44-49,50-25-7-2-8-26-50)51-27-9-3-10-28-51/h1-45H. The predicted molar refractivity (Wildman–Crippen MR) is 297 cm³/mol. The first-order chi connectivity index (χ1) is 35.2. The lowest BCUT2D eigenvalue weighted by molar-refractivity contribution is 0.672. The molecule has 0 saturated heterocycles. The van der Waals surface area contributed by atoms with E-state index in [0.717, 1.165) is 60.9 Å². The molecule has 14 rings (SSSR count). The number of anilines is 3. The van der Waals surface area contributed by atoms with Crippen LogP contribution >= 0.6 is 0 Å². The molecule has 2 nitrogen and oxygen atoms in total. The van der Waals surface area contributed by atoms with Crippen LogP contribution in [0.25, 0.3) is 88.0 Å². The van der Waals surface area contributed by atoms with E-state index < -0.39 is 5.41 Å². The highest BCUT2D eigenvalue weighted by atomic mass is 16.3. The molecule has 2 heteroatoms. The molecule has 0 bridgehead atoms. The van der Waals surface area contributed by atoms with Gasteiger partial charge in [-0.2, -0.15) is 0 Å². The lowest BCUT2D eigenvalue weighted by Gasteiger charge is -2.34. The topological polar surface area (TPSA) is 16.4 Å². The Morgan fingerprint density at radius 3 is 1.63 bits per heavy atom. The SMILES string of the molecule is c1ccc(-c2ccc(N(c3ccccc3)c3cccc4oc5c6ccccc6c(-c6cc(-c7cccc8ccccc78)c7c(c6)C(c6ccccc6)(c6ccccc6)c6ccccc6-7)cc5c34)cc2)cc1. The Hall–Kier alpha value is -9.24. The zero-order chi connectivity index (χ0) is 46.9. The van der Waals surface area contributed by atoms with E-state index in [1.165, 1.54) is 66.4 Å². The summed E-state index contributed by atoms with van der Waals surface area (Å²) in [5, 5.41) is 6.80. The maximum atomic E-state index is 7.08. The molecular weight excluding hydrogens is 859 g/mol. The van der Waals surface area contributed by atoms with Crippen LogP contribution in [-0.2, 0) is 5.41 Å². The zero-order valence-corrected chi connectivity index (χ0v) is 38.8. The fraction of sp³-hybridized carbons (Fsp3) is 0.0145. The highest BCUT2D eigenvalue weighted by Crippen LogP contribution is 2.60. The molecule has 0 fully saturated rings. The zero-order valence-electron chi connectivity index (χ0n) is 38.8. The first kappa shape index (κ1) is 40.8. The lowest BCUT2D eigenvalue weighted by Crippen LogP contribution is -2.28. The fourth-order valence-corrected chi connectivity index (χ4v) is 11.9. The second kappa shape index (κ2) is 16.5. The van der Waals surface area contributed by atoms with Gasteiger partial charge < -0.3 is 9.32 Å². The largest absolute Gasteiger partial charge is 0.455 e. The van der Waals surface area contributed by atoms with Gasteiger partial charge in [0.25, 0.3) is 0 Å². The van der Waals surface area contributed by atoms with Crippen LogP contribution in [0.5, 0.6) is 0 Å². The highest BCUT2D eigenvalue weighted by Gasteiger charge is 2.47. The highest BCUT2D eigenvalue weighted by molar-refractivity contribution is 6.23. The van der Waals surface area contributed by atoms with E-state index in [9.17, 15) is 0 Å². The first-order valence-corrected chi connectivity index (χ1v) is 24.5. The molecular formula is C69H45NO. The Morgan fingerprint density at radius 2 is 0.887 bits per heavy atom. The van der Waals surface area contributed by atoms with Crippen molar-refractivity contribution in [2.75, 3.05) is 4.90 Å². The summed E-state index contributed by atoms with van der Waals surface area (Å²) in [5.74, 6) is 0. The van der Waals surface area contributed by atoms with E-state index in [0.29, 0.717) is 0 Å². The van der Waals surface area contributed by atoms with Crippen molar-refractivity contribution < 1.29 is 4.42 Å². The van der Waals surface area contributed by atoms with Gasteiger partial charge in [-0.3, -0.25) is 0 Å². The average Bonchev–Trinajstić information content (AvgIpc) is 3.98. The summed E-state index contributed by atoms with van der Waals surface area (Å²) in [6.07, 6.45) is 0. The van der Waals surface area contributed by atoms with Crippen LogP contribution in [0.1, 0.15) is 22.3 Å². The van der Waals surface area contributed by atoms with E-state index in [4.69, 9.17) is 4.42 Å². The normalized spacial score (nSPS) is 12.6. The van der Waals surface area contributed by atoms with Gasteiger partial charge in [0.05, 0.1) is 16.5 Å². The summed E-state index contributed by atoms with van der Waals surface area (Å²) in [6.45, 7) is 0. The second-order valence-corrected chi connectivity index (χ2v) is 18.7. The Balaban J connectivity index is 1.08. The summed E-state index contributed by atoms with van der Waals surface area (Å²) in [7, 11) is 0. The summed E-state index contributed by atoms with van der Waals surface area (Å²) < 4.78 is 7.08. The number of benzene rings is 12. The van der Waals surface area contributed by atoms with Gasteiger partial charge in [0, 0.05) is 22.1 Å². The van der Waals surface area contributed by atoms with E-state index in [1.807, 2.05) is 0 Å². The third kappa shape index (κ3) is 6.35. The molecule has 71 heavy (non-hydrogen) atoms. The van der Waals surface area contributed by atoms with Crippen molar-refractivity contribution in [3.05, 3.63) is 295 Å². The minimum atomic E-state index is -0.606. The van der Waals surface area contributed by atoms with Crippen LogP contribution in [0.3, 0.4) is 0 Å². The average molecular weight is 904 g/mol. The molecule has 1 heterocycles. The van der Waals surface area contributed by atoms with Gasteiger partial charge >= 0.3 is 0 Å². The predicted octanol–water partition coefficient (Wildman–Crippen LogP) is 18.7. The molecule has 0 N–H and O–H groups in total. The third-order valence-electron chi connectivity index (χ3n) is 14.9. The van der Waals surface area contributed by atoms with Gasteiger partial charge in [-0.1, -0.05) is 218 Å². The maximum absolute atomic E-state index is 7.08. The molecule has 1 aliphatic rings. The molecule has 332 valence electrons. The molecule has 0 aliphatic heterocycles. The van der Waals surface area contributed by atoms with Crippen molar-refractivity contribution in [3.8, 4) is 44.5 Å². The molecule has 0 spiro atoms. The smallest absolute Gasteiger partial charge is 0.143 e. The van der Waals surface area contributed by atoms with Gasteiger partial charge in [-0.15, -0.1) is 0 Å². The van der Waals surface area contributed by atoms with Crippen molar-refractivity contribution in [1.82, 2.24) is 0 Å². The van der Waals surface area contributed by atoms with Crippen molar-refractivity contribution in [2.45, 2.75) is 5.41 Å². The Morgan fingerprint density at radius 1 is 0.324 bits per heavy atom. The summed E-state index contributed by atoms with van der Waals surface area (Å²) in [4.78, 5) is 2.38. The van der Waals surface area contributed by atoms with Crippen LogP contribution in [0.15, 0.2) is 277 Å². The summed E-state index contributed by atoms with van der Waals surface area (Å²) in [6, 6.07) is 99.9. The van der Waals surface area contributed by atoms with Crippen molar-refractivity contribution >= 4 is 60.5 Å². The quantitative estimate of drug-likeness (QED) is 0.151. The molecule has 0 unspecified atom stereocenters. The van der Waals surface area contributed by atoms with Gasteiger partial charge in [-0.05, 0) is 138 Å². The van der Waals surface area contributed by atoms with E-state index in [1.54, 1.807) is 0 Å². The molecule has 0 radical (unpaired) electrons. The van der Waals surface area contributed by atoms with Crippen LogP contribution < -0.4 is 4.90 Å². The minimum Gasteiger partial charge on any atom is -0.455 e. The van der Waals surface area contributed by atoms with Gasteiger partial charge in [0.15, 0.2) is 0 Å². The minimum absolute atomic E-state index is 0.606. The van der Waals surface area contributed by atoms with E-state index in [-0.39, 0.29) is 0 Å².